The average Bonchev–Trinajstić information content (AvgIpc) is 2.25. The summed E-state index contributed by atoms with van der Waals surface area (Å²) in [5.74, 6) is 1.26. The SMILES string of the molecule is [CH2]c1ccccc1Oc1ccc(Cl)cc1Cl. The molecule has 0 aromatic heterocycles. The lowest BCUT2D eigenvalue weighted by Crippen LogP contribution is -1.87. The van der Waals surface area contributed by atoms with E-state index in [1.54, 1.807) is 18.2 Å². The monoisotopic (exact) mass is 251 g/mol. The molecule has 3 heteroatoms. The van der Waals surface area contributed by atoms with Gasteiger partial charge in [-0.25, -0.2) is 0 Å². The molecule has 0 saturated carbocycles. The second kappa shape index (κ2) is 4.77. The maximum absolute atomic E-state index is 6.00. The maximum atomic E-state index is 6.00. The summed E-state index contributed by atoms with van der Waals surface area (Å²) in [5, 5.41) is 1.07. The third-order valence-corrected chi connectivity index (χ3v) is 2.62. The molecule has 0 heterocycles. The van der Waals surface area contributed by atoms with Crippen molar-refractivity contribution in [3.63, 3.8) is 0 Å². The van der Waals surface area contributed by atoms with Crippen molar-refractivity contribution in [2.45, 2.75) is 0 Å². The molecule has 0 fully saturated rings. The van der Waals surface area contributed by atoms with Gasteiger partial charge in [0, 0.05) is 5.02 Å². The first-order valence-corrected chi connectivity index (χ1v) is 5.46. The third kappa shape index (κ3) is 2.49. The van der Waals surface area contributed by atoms with E-state index in [0.29, 0.717) is 21.5 Å². The zero-order valence-corrected chi connectivity index (χ0v) is 9.92. The summed E-state index contributed by atoms with van der Waals surface area (Å²) in [5.41, 5.74) is 0.813. The highest BCUT2D eigenvalue weighted by Crippen LogP contribution is 2.32. The molecule has 0 bridgehead atoms. The Hall–Kier alpha value is -1.18. The smallest absolute Gasteiger partial charge is 0.146 e. The number of rotatable bonds is 2. The van der Waals surface area contributed by atoms with Gasteiger partial charge in [-0.3, -0.25) is 0 Å². The van der Waals surface area contributed by atoms with Gasteiger partial charge in [0.05, 0.1) is 5.02 Å². The molecule has 2 rings (SSSR count). The molecule has 0 spiro atoms. The molecule has 1 nitrogen and oxygen atoms in total. The first-order valence-electron chi connectivity index (χ1n) is 4.71. The molecular weight excluding hydrogens is 243 g/mol. The Morgan fingerprint density at radius 1 is 0.938 bits per heavy atom. The van der Waals surface area contributed by atoms with Gasteiger partial charge < -0.3 is 4.74 Å². The largest absolute Gasteiger partial charge is 0.456 e. The number of hydrogen-bond acceptors (Lipinski definition) is 1. The first kappa shape index (κ1) is 11.3. The van der Waals surface area contributed by atoms with Crippen LogP contribution in [0.15, 0.2) is 42.5 Å². The molecule has 0 atom stereocenters. The van der Waals surface area contributed by atoms with Gasteiger partial charge in [0.15, 0.2) is 0 Å². The van der Waals surface area contributed by atoms with Gasteiger partial charge in [0.25, 0.3) is 0 Å². The fourth-order valence-corrected chi connectivity index (χ4v) is 1.73. The van der Waals surface area contributed by atoms with E-state index in [2.05, 4.69) is 6.92 Å². The second-order valence-corrected chi connectivity index (χ2v) is 4.13. The normalized spacial score (nSPS) is 10.2. The Bertz CT molecular complexity index is 509. The molecule has 2 aromatic rings. The highest BCUT2D eigenvalue weighted by atomic mass is 35.5. The van der Waals surface area contributed by atoms with Crippen molar-refractivity contribution in [2.24, 2.45) is 0 Å². The standard InChI is InChI=1S/C13H9Cl2O/c1-9-4-2-3-5-12(9)16-13-7-6-10(14)8-11(13)15/h2-8H,1H2. The van der Waals surface area contributed by atoms with E-state index >= 15 is 0 Å². The molecule has 81 valence electrons. The predicted molar refractivity (Wildman–Crippen MR) is 67.4 cm³/mol. The minimum absolute atomic E-state index is 0.482. The molecule has 1 radical (unpaired) electrons. The molecule has 0 aliphatic heterocycles. The van der Waals surface area contributed by atoms with E-state index in [-0.39, 0.29) is 0 Å². The summed E-state index contributed by atoms with van der Waals surface area (Å²) in [7, 11) is 0. The van der Waals surface area contributed by atoms with Gasteiger partial charge >= 0.3 is 0 Å². The van der Waals surface area contributed by atoms with Crippen LogP contribution in [-0.4, -0.2) is 0 Å². The highest BCUT2D eigenvalue weighted by Gasteiger charge is 2.05. The molecule has 0 aliphatic carbocycles. The van der Waals surface area contributed by atoms with E-state index in [1.807, 2.05) is 24.3 Å². The van der Waals surface area contributed by atoms with Crippen LogP contribution in [0.5, 0.6) is 11.5 Å². The number of hydrogen-bond donors (Lipinski definition) is 0. The topological polar surface area (TPSA) is 9.23 Å². The number of ether oxygens (including phenoxy) is 1. The summed E-state index contributed by atoms with van der Waals surface area (Å²) < 4.78 is 5.64. The van der Waals surface area contributed by atoms with Gasteiger partial charge in [0.2, 0.25) is 0 Å². The van der Waals surface area contributed by atoms with Crippen LogP contribution in [0, 0.1) is 6.92 Å². The Kier molecular flexibility index (Phi) is 3.37. The van der Waals surface area contributed by atoms with Crippen molar-refractivity contribution in [1.29, 1.82) is 0 Å². The van der Waals surface area contributed by atoms with Gasteiger partial charge in [-0.1, -0.05) is 41.4 Å². The van der Waals surface area contributed by atoms with Crippen LogP contribution >= 0.6 is 23.2 Å². The van der Waals surface area contributed by atoms with E-state index in [9.17, 15) is 0 Å². The van der Waals surface area contributed by atoms with Crippen LogP contribution in [0.1, 0.15) is 5.56 Å². The van der Waals surface area contributed by atoms with Gasteiger partial charge in [-0.2, -0.15) is 0 Å². The fraction of sp³-hybridized carbons (Fsp3) is 0. The van der Waals surface area contributed by atoms with Crippen molar-refractivity contribution in [1.82, 2.24) is 0 Å². The van der Waals surface area contributed by atoms with Crippen molar-refractivity contribution in [3.8, 4) is 11.5 Å². The van der Waals surface area contributed by atoms with E-state index in [0.717, 1.165) is 5.56 Å². The molecular formula is C13H9Cl2O. The van der Waals surface area contributed by atoms with Crippen LogP contribution in [0.2, 0.25) is 10.0 Å². The number of para-hydroxylation sites is 1. The van der Waals surface area contributed by atoms with Crippen LogP contribution in [0.3, 0.4) is 0 Å². The second-order valence-electron chi connectivity index (χ2n) is 3.28. The lowest BCUT2D eigenvalue weighted by atomic mass is 10.2. The molecule has 0 N–H and O–H groups in total. The summed E-state index contributed by atoms with van der Waals surface area (Å²) in [4.78, 5) is 0. The van der Waals surface area contributed by atoms with Crippen LogP contribution < -0.4 is 4.74 Å². The minimum Gasteiger partial charge on any atom is -0.456 e. The minimum atomic E-state index is 0.482. The maximum Gasteiger partial charge on any atom is 0.146 e. The lowest BCUT2D eigenvalue weighted by Gasteiger charge is -2.09. The van der Waals surface area contributed by atoms with Crippen molar-refractivity contribution >= 4 is 23.2 Å². The van der Waals surface area contributed by atoms with Gasteiger partial charge in [-0.15, -0.1) is 0 Å². The van der Waals surface area contributed by atoms with E-state index in [1.165, 1.54) is 0 Å². The van der Waals surface area contributed by atoms with E-state index in [4.69, 9.17) is 27.9 Å². The number of halogens is 2. The van der Waals surface area contributed by atoms with Crippen LogP contribution in [0.25, 0.3) is 0 Å². The van der Waals surface area contributed by atoms with Crippen molar-refractivity contribution in [2.75, 3.05) is 0 Å². The third-order valence-electron chi connectivity index (χ3n) is 2.09. The van der Waals surface area contributed by atoms with Crippen molar-refractivity contribution < 1.29 is 4.74 Å². The molecule has 0 amide bonds. The summed E-state index contributed by atoms with van der Waals surface area (Å²) in [6.07, 6.45) is 0. The quantitative estimate of drug-likeness (QED) is 0.733. The van der Waals surface area contributed by atoms with Crippen LogP contribution in [0.4, 0.5) is 0 Å². The molecule has 0 unspecified atom stereocenters. The Morgan fingerprint density at radius 3 is 2.38 bits per heavy atom. The molecule has 16 heavy (non-hydrogen) atoms. The number of benzene rings is 2. The predicted octanol–water partition coefficient (Wildman–Crippen LogP) is 4.97. The Labute approximate surface area is 105 Å². The molecule has 0 saturated heterocycles. The summed E-state index contributed by atoms with van der Waals surface area (Å²) in [6, 6.07) is 12.6. The average molecular weight is 252 g/mol. The summed E-state index contributed by atoms with van der Waals surface area (Å²) >= 11 is 11.8. The van der Waals surface area contributed by atoms with Crippen molar-refractivity contribution in [3.05, 3.63) is 65.0 Å². The molecule has 0 aliphatic rings. The molecule has 2 aromatic carbocycles. The first-order chi connectivity index (χ1) is 7.66. The van der Waals surface area contributed by atoms with Gasteiger partial charge in [0.1, 0.15) is 11.5 Å². The highest BCUT2D eigenvalue weighted by molar-refractivity contribution is 6.35. The lowest BCUT2D eigenvalue weighted by molar-refractivity contribution is 0.481. The van der Waals surface area contributed by atoms with Crippen LogP contribution in [-0.2, 0) is 0 Å². The Balaban J connectivity index is 2.31. The zero-order chi connectivity index (χ0) is 11.5. The zero-order valence-electron chi connectivity index (χ0n) is 8.41. The van der Waals surface area contributed by atoms with E-state index < -0.39 is 0 Å². The Morgan fingerprint density at radius 2 is 1.69 bits per heavy atom. The fourth-order valence-electron chi connectivity index (χ4n) is 1.28. The van der Waals surface area contributed by atoms with Gasteiger partial charge in [-0.05, 0) is 36.8 Å². The summed E-state index contributed by atoms with van der Waals surface area (Å²) in [6.45, 7) is 3.87.